The van der Waals surface area contributed by atoms with Crippen molar-refractivity contribution in [2.45, 2.75) is 52.0 Å². The Kier molecular flexibility index (Phi) is 3.29. The molecule has 0 spiro atoms. The lowest BCUT2D eigenvalue weighted by atomic mass is 10.0. The Bertz CT molecular complexity index is 246. The van der Waals surface area contributed by atoms with Crippen LogP contribution >= 0.6 is 0 Å². The number of rotatable bonds is 3. The highest BCUT2D eigenvalue weighted by Gasteiger charge is 2.39. The first-order valence-corrected chi connectivity index (χ1v) is 5.29. The normalized spacial score (nSPS) is 20.2. The van der Waals surface area contributed by atoms with Crippen molar-refractivity contribution in [3.8, 4) is 0 Å². The van der Waals surface area contributed by atoms with E-state index in [-0.39, 0.29) is 17.2 Å². The van der Waals surface area contributed by atoms with Crippen molar-refractivity contribution >= 4 is 11.7 Å². The zero-order valence-corrected chi connectivity index (χ0v) is 9.30. The van der Waals surface area contributed by atoms with E-state index < -0.39 is 0 Å². The summed E-state index contributed by atoms with van der Waals surface area (Å²) in [6.07, 6.45) is 3.02. The molecule has 1 aliphatic rings. The van der Waals surface area contributed by atoms with Crippen molar-refractivity contribution in [2.75, 3.05) is 6.54 Å². The number of nitrogens with zero attached hydrogens (tertiary/aromatic N) is 1. The molecular formula is C11H19NO2. The summed E-state index contributed by atoms with van der Waals surface area (Å²) in [7, 11) is 0. The van der Waals surface area contributed by atoms with Crippen LogP contribution in [0.4, 0.5) is 0 Å². The van der Waals surface area contributed by atoms with Crippen LogP contribution in [0.2, 0.25) is 0 Å². The van der Waals surface area contributed by atoms with Crippen LogP contribution in [0.1, 0.15) is 46.5 Å². The largest absolute Gasteiger partial charge is 0.330 e. The highest BCUT2D eigenvalue weighted by Crippen LogP contribution is 2.26. The maximum atomic E-state index is 11.7. The van der Waals surface area contributed by atoms with Gasteiger partial charge in [-0.05, 0) is 20.3 Å². The van der Waals surface area contributed by atoms with Gasteiger partial charge in [0.25, 0.3) is 0 Å². The van der Waals surface area contributed by atoms with Gasteiger partial charge in [-0.15, -0.1) is 0 Å². The molecule has 3 heteroatoms. The molecule has 0 aromatic rings. The monoisotopic (exact) mass is 197 g/mol. The zero-order valence-electron chi connectivity index (χ0n) is 9.30. The van der Waals surface area contributed by atoms with Gasteiger partial charge in [0.15, 0.2) is 5.78 Å². The fourth-order valence-electron chi connectivity index (χ4n) is 1.91. The van der Waals surface area contributed by atoms with E-state index in [0.717, 1.165) is 12.8 Å². The number of carbonyl (C=O) groups excluding carboxylic acids is 2. The van der Waals surface area contributed by atoms with E-state index in [0.29, 0.717) is 19.4 Å². The summed E-state index contributed by atoms with van der Waals surface area (Å²) < 4.78 is 0. The number of Topliss-reactive ketones (excluding diaryl/α,β-unsaturated/α-hetero) is 1. The van der Waals surface area contributed by atoms with E-state index in [9.17, 15) is 9.59 Å². The topological polar surface area (TPSA) is 37.4 Å². The molecule has 0 aromatic carbocycles. The second-order valence-corrected chi connectivity index (χ2v) is 4.61. The number of unbranched alkanes of at least 4 members (excludes halogenated alkanes) is 1. The summed E-state index contributed by atoms with van der Waals surface area (Å²) in [6.45, 7) is 6.30. The molecule has 0 bridgehead atoms. The molecular weight excluding hydrogens is 178 g/mol. The summed E-state index contributed by atoms with van der Waals surface area (Å²) in [4.78, 5) is 24.7. The first kappa shape index (κ1) is 11.2. The molecule has 1 rings (SSSR count). The van der Waals surface area contributed by atoms with Crippen LogP contribution in [-0.4, -0.2) is 28.7 Å². The van der Waals surface area contributed by atoms with Crippen LogP contribution in [0.3, 0.4) is 0 Å². The minimum atomic E-state index is -0.262. The van der Waals surface area contributed by atoms with Gasteiger partial charge in [-0.25, -0.2) is 0 Å². The standard InChI is InChI=1S/C11H19NO2/c1-4-5-6-10(14)12-8-9(13)7-11(12,2)3/h4-8H2,1-3H3. The second-order valence-electron chi connectivity index (χ2n) is 4.61. The van der Waals surface area contributed by atoms with E-state index in [2.05, 4.69) is 6.92 Å². The Morgan fingerprint density at radius 3 is 2.57 bits per heavy atom. The third-order valence-electron chi connectivity index (χ3n) is 2.74. The SMILES string of the molecule is CCCCC(=O)N1CC(=O)CC1(C)C. The lowest BCUT2D eigenvalue weighted by molar-refractivity contribution is -0.135. The van der Waals surface area contributed by atoms with E-state index in [1.165, 1.54) is 0 Å². The summed E-state index contributed by atoms with van der Waals surface area (Å²) in [5.74, 6) is 0.308. The van der Waals surface area contributed by atoms with Crippen LogP contribution in [0.25, 0.3) is 0 Å². The molecule has 80 valence electrons. The molecule has 1 heterocycles. The fourth-order valence-corrected chi connectivity index (χ4v) is 1.91. The minimum absolute atomic E-state index is 0.128. The fraction of sp³-hybridized carbons (Fsp3) is 0.818. The third-order valence-corrected chi connectivity index (χ3v) is 2.74. The van der Waals surface area contributed by atoms with Gasteiger partial charge in [-0.2, -0.15) is 0 Å². The molecule has 0 aromatic heterocycles. The summed E-state index contributed by atoms with van der Waals surface area (Å²) >= 11 is 0. The summed E-state index contributed by atoms with van der Waals surface area (Å²) in [5.41, 5.74) is -0.262. The number of carbonyl (C=O) groups is 2. The Morgan fingerprint density at radius 1 is 1.50 bits per heavy atom. The molecule has 1 saturated heterocycles. The van der Waals surface area contributed by atoms with Crippen molar-refractivity contribution < 1.29 is 9.59 Å². The average Bonchev–Trinajstić information content (AvgIpc) is 2.35. The second kappa shape index (κ2) is 4.11. The smallest absolute Gasteiger partial charge is 0.223 e. The summed E-state index contributed by atoms with van der Waals surface area (Å²) in [6, 6.07) is 0. The molecule has 0 N–H and O–H groups in total. The molecule has 0 saturated carbocycles. The van der Waals surface area contributed by atoms with Crippen molar-refractivity contribution in [2.24, 2.45) is 0 Å². The van der Waals surface area contributed by atoms with Crippen LogP contribution < -0.4 is 0 Å². The van der Waals surface area contributed by atoms with Crippen LogP contribution in [0, 0.1) is 0 Å². The van der Waals surface area contributed by atoms with Gasteiger partial charge in [-0.3, -0.25) is 9.59 Å². The van der Waals surface area contributed by atoms with E-state index in [1.54, 1.807) is 4.90 Å². The van der Waals surface area contributed by atoms with Crippen molar-refractivity contribution in [3.05, 3.63) is 0 Å². The van der Waals surface area contributed by atoms with Gasteiger partial charge in [0.05, 0.1) is 6.54 Å². The van der Waals surface area contributed by atoms with Gasteiger partial charge in [0.2, 0.25) is 5.91 Å². The molecule has 0 atom stereocenters. The van der Waals surface area contributed by atoms with Crippen LogP contribution in [-0.2, 0) is 9.59 Å². The first-order chi connectivity index (χ1) is 6.47. The number of likely N-dealkylation sites (tertiary alicyclic amines) is 1. The minimum Gasteiger partial charge on any atom is -0.330 e. The Morgan fingerprint density at radius 2 is 2.14 bits per heavy atom. The van der Waals surface area contributed by atoms with Gasteiger partial charge in [0.1, 0.15) is 0 Å². The van der Waals surface area contributed by atoms with Gasteiger partial charge in [-0.1, -0.05) is 13.3 Å². The molecule has 1 amide bonds. The molecule has 1 fully saturated rings. The lowest BCUT2D eigenvalue weighted by Gasteiger charge is -2.30. The maximum absolute atomic E-state index is 11.7. The van der Waals surface area contributed by atoms with Crippen LogP contribution in [0.5, 0.6) is 0 Å². The molecule has 3 nitrogen and oxygen atoms in total. The number of amides is 1. The van der Waals surface area contributed by atoms with Crippen molar-refractivity contribution in [1.29, 1.82) is 0 Å². The summed E-state index contributed by atoms with van der Waals surface area (Å²) in [5, 5.41) is 0. The predicted octanol–water partition coefficient (Wildman–Crippen LogP) is 1.76. The molecule has 14 heavy (non-hydrogen) atoms. The number of hydrogen-bond acceptors (Lipinski definition) is 2. The molecule has 0 unspecified atom stereocenters. The van der Waals surface area contributed by atoms with E-state index in [4.69, 9.17) is 0 Å². The molecule has 0 radical (unpaired) electrons. The highest BCUT2D eigenvalue weighted by molar-refractivity contribution is 5.91. The molecule has 1 aliphatic heterocycles. The number of ketones is 1. The Hall–Kier alpha value is -0.860. The predicted molar refractivity (Wildman–Crippen MR) is 54.9 cm³/mol. The van der Waals surface area contributed by atoms with Gasteiger partial charge < -0.3 is 4.90 Å². The van der Waals surface area contributed by atoms with Gasteiger partial charge in [0, 0.05) is 18.4 Å². The lowest BCUT2D eigenvalue weighted by Crippen LogP contribution is -2.42. The number of hydrogen-bond donors (Lipinski definition) is 0. The third kappa shape index (κ3) is 2.34. The first-order valence-electron chi connectivity index (χ1n) is 5.29. The Balaban J connectivity index is 2.59. The zero-order chi connectivity index (χ0) is 10.8. The van der Waals surface area contributed by atoms with Crippen molar-refractivity contribution in [3.63, 3.8) is 0 Å². The van der Waals surface area contributed by atoms with E-state index >= 15 is 0 Å². The van der Waals surface area contributed by atoms with E-state index in [1.807, 2.05) is 13.8 Å². The Labute approximate surface area is 85.5 Å². The molecule has 0 aliphatic carbocycles. The van der Waals surface area contributed by atoms with Crippen LogP contribution in [0.15, 0.2) is 0 Å². The quantitative estimate of drug-likeness (QED) is 0.691. The van der Waals surface area contributed by atoms with Gasteiger partial charge >= 0.3 is 0 Å². The van der Waals surface area contributed by atoms with Crippen molar-refractivity contribution in [1.82, 2.24) is 4.90 Å². The maximum Gasteiger partial charge on any atom is 0.223 e. The highest BCUT2D eigenvalue weighted by atomic mass is 16.2. The average molecular weight is 197 g/mol.